The predicted octanol–water partition coefficient (Wildman–Crippen LogP) is 1.73. The second kappa shape index (κ2) is 4.52. The van der Waals surface area contributed by atoms with Gasteiger partial charge in [-0.15, -0.1) is 0 Å². The number of carboxylic acids is 1. The van der Waals surface area contributed by atoms with Crippen LogP contribution in [0.4, 0.5) is 13.2 Å². The van der Waals surface area contributed by atoms with Crippen molar-refractivity contribution >= 4 is 5.97 Å². The third-order valence-electron chi connectivity index (χ3n) is 1.96. The van der Waals surface area contributed by atoms with Crippen molar-refractivity contribution in [2.45, 2.75) is 19.4 Å². The first kappa shape index (κ1) is 12.5. The van der Waals surface area contributed by atoms with Gasteiger partial charge in [-0.1, -0.05) is 0 Å². The molecule has 0 amide bonds. The van der Waals surface area contributed by atoms with Crippen LogP contribution >= 0.6 is 0 Å². The van der Waals surface area contributed by atoms with E-state index in [2.05, 4.69) is 0 Å². The molecule has 0 fully saturated rings. The third-order valence-corrected chi connectivity index (χ3v) is 1.96. The number of halogens is 3. The van der Waals surface area contributed by atoms with Crippen molar-refractivity contribution in [1.29, 1.82) is 0 Å². The lowest BCUT2D eigenvalue weighted by Crippen LogP contribution is -2.12. The second-order valence-electron chi connectivity index (χ2n) is 3.38. The van der Waals surface area contributed by atoms with Gasteiger partial charge in [0.15, 0.2) is 11.6 Å². The topological polar surface area (TPSA) is 57.5 Å². The summed E-state index contributed by atoms with van der Waals surface area (Å²) in [4.78, 5) is 10.4. The molecule has 0 radical (unpaired) electrons. The summed E-state index contributed by atoms with van der Waals surface area (Å²) >= 11 is 0. The molecular formula is C10H9F3O3. The van der Waals surface area contributed by atoms with E-state index in [0.717, 1.165) is 0 Å². The zero-order valence-electron chi connectivity index (χ0n) is 8.30. The number of rotatable bonds is 3. The fourth-order valence-electron chi connectivity index (χ4n) is 1.31. The zero-order valence-corrected chi connectivity index (χ0v) is 8.30. The fraction of sp³-hybridized carbons (Fsp3) is 0.300. The number of aromatic carboxylic acids is 1. The van der Waals surface area contributed by atoms with Gasteiger partial charge in [0.2, 0.25) is 0 Å². The fourth-order valence-corrected chi connectivity index (χ4v) is 1.31. The van der Waals surface area contributed by atoms with Crippen molar-refractivity contribution < 1.29 is 28.2 Å². The van der Waals surface area contributed by atoms with Crippen LogP contribution in [0.1, 0.15) is 22.8 Å². The van der Waals surface area contributed by atoms with Crippen LogP contribution in [0.15, 0.2) is 6.07 Å². The highest BCUT2D eigenvalue weighted by atomic mass is 19.2. The minimum absolute atomic E-state index is 0.292. The molecular weight excluding hydrogens is 225 g/mol. The van der Waals surface area contributed by atoms with Gasteiger partial charge in [-0.2, -0.15) is 0 Å². The van der Waals surface area contributed by atoms with E-state index < -0.39 is 40.7 Å². The van der Waals surface area contributed by atoms with Crippen LogP contribution in [-0.4, -0.2) is 22.3 Å². The molecule has 1 atom stereocenters. The van der Waals surface area contributed by atoms with Crippen LogP contribution in [0.25, 0.3) is 0 Å². The molecule has 16 heavy (non-hydrogen) atoms. The molecule has 2 N–H and O–H groups in total. The molecule has 0 aromatic heterocycles. The molecule has 1 aromatic carbocycles. The highest BCUT2D eigenvalue weighted by molar-refractivity contribution is 5.88. The lowest BCUT2D eigenvalue weighted by atomic mass is 10.0. The molecule has 0 bridgehead atoms. The number of hydrogen-bond acceptors (Lipinski definition) is 2. The van der Waals surface area contributed by atoms with Crippen molar-refractivity contribution in [3.63, 3.8) is 0 Å². The Morgan fingerprint density at radius 2 is 1.94 bits per heavy atom. The van der Waals surface area contributed by atoms with Crippen LogP contribution in [-0.2, 0) is 6.42 Å². The molecule has 0 aliphatic carbocycles. The monoisotopic (exact) mass is 234 g/mol. The van der Waals surface area contributed by atoms with E-state index in [1.54, 1.807) is 0 Å². The van der Waals surface area contributed by atoms with Crippen LogP contribution < -0.4 is 0 Å². The summed E-state index contributed by atoms with van der Waals surface area (Å²) in [6, 6.07) is 0.578. The molecule has 1 aromatic rings. The van der Waals surface area contributed by atoms with E-state index in [4.69, 9.17) is 10.2 Å². The highest BCUT2D eigenvalue weighted by Gasteiger charge is 2.23. The van der Waals surface area contributed by atoms with Gasteiger partial charge in [-0.3, -0.25) is 0 Å². The quantitative estimate of drug-likeness (QED) is 0.783. The van der Waals surface area contributed by atoms with Gasteiger partial charge in [0.1, 0.15) is 11.4 Å². The van der Waals surface area contributed by atoms with Crippen molar-refractivity contribution in [2.24, 2.45) is 0 Å². The number of hydrogen-bond donors (Lipinski definition) is 2. The first-order chi connectivity index (χ1) is 7.34. The summed E-state index contributed by atoms with van der Waals surface area (Å²) in [7, 11) is 0. The van der Waals surface area contributed by atoms with Gasteiger partial charge in [0.05, 0.1) is 6.10 Å². The van der Waals surface area contributed by atoms with E-state index in [1.807, 2.05) is 0 Å². The van der Waals surface area contributed by atoms with Crippen LogP contribution in [0.5, 0.6) is 0 Å². The van der Waals surface area contributed by atoms with E-state index in [-0.39, 0.29) is 6.42 Å². The van der Waals surface area contributed by atoms with E-state index >= 15 is 0 Å². The maximum atomic E-state index is 13.2. The van der Waals surface area contributed by atoms with Crippen molar-refractivity contribution in [3.05, 3.63) is 34.6 Å². The molecule has 0 spiro atoms. The molecule has 0 heterocycles. The molecule has 0 saturated heterocycles. The van der Waals surface area contributed by atoms with Crippen molar-refractivity contribution in [1.82, 2.24) is 0 Å². The van der Waals surface area contributed by atoms with Gasteiger partial charge in [0, 0.05) is 6.42 Å². The molecule has 3 nitrogen and oxygen atoms in total. The number of aliphatic hydroxyl groups excluding tert-OH is 1. The first-order valence-electron chi connectivity index (χ1n) is 4.42. The van der Waals surface area contributed by atoms with Crippen LogP contribution in [0.3, 0.4) is 0 Å². The molecule has 88 valence electrons. The molecule has 6 heteroatoms. The van der Waals surface area contributed by atoms with Crippen LogP contribution in [0, 0.1) is 17.5 Å². The molecule has 1 unspecified atom stereocenters. The predicted molar refractivity (Wildman–Crippen MR) is 48.7 cm³/mol. The Bertz CT molecular complexity index is 430. The Morgan fingerprint density at radius 3 is 2.38 bits per heavy atom. The molecule has 0 aliphatic heterocycles. The Labute approximate surface area is 89.1 Å². The maximum absolute atomic E-state index is 13.2. The minimum atomic E-state index is -1.88. The van der Waals surface area contributed by atoms with Gasteiger partial charge < -0.3 is 10.2 Å². The van der Waals surface area contributed by atoms with Gasteiger partial charge >= 0.3 is 5.97 Å². The molecule has 0 aliphatic rings. The summed E-state index contributed by atoms with van der Waals surface area (Å²) in [6.45, 7) is 1.32. The van der Waals surface area contributed by atoms with Gasteiger partial charge in [-0.05, 0) is 18.6 Å². The number of carboxylic acid groups (broad SMARTS) is 1. The SMILES string of the molecule is CC(O)Cc1cc(F)c(C(=O)O)c(F)c1F. The average molecular weight is 234 g/mol. The van der Waals surface area contributed by atoms with Gasteiger partial charge in [0.25, 0.3) is 0 Å². The highest BCUT2D eigenvalue weighted by Crippen LogP contribution is 2.21. The van der Waals surface area contributed by atoms with Crippen LogP contribution in [0.2, 0.25) is 0 Å². The minimum Gasteiger partial charge on any atom is -0.477 e. The Morgan fingerprint density at radius 1 is 1.38 bits per heavy atom. The van der Waals surface area contributed by atoms with Gasteiger partial charge in [-0.25, -0.2) is 18.0 Å². The summed E-state index contributed by atoms with van der Waals surface area (Å²) in [5, 5.41) is 17.4. The van der Waals surface area contributed by atoms with Crippen molar-refractivity contribution in [2.75, 3.05) is 0 Å². The smallest absolute Gasteiger partial charge is 0.341 e. The summed E-state index contributed by atoms with van der Waals surface area (Å²) in [6.07, 6.45) is -1.27. The summed E-state index contributed by atoms with van der Waals surface area (Å²) in [5.41, 5.74) is -1.72. The lowest BCUT2D eigenvalue weighted by molar-refractivity contribution is 0.0685. The molecule has 1 rings (SSSR count). The number of benzene rings is 1. The normalized spacial score (nSPS) is 12.6. The van der Waals surface area contributed by atoms with E-state index in [0.29, 0.717) is 6.07 Å². The Balaban J connectivity index is 3.33. The zero-order chi connectivity index (χ0) is 12.5. The maximum Gasteiger partial charge on any atom is 0.341 e. The van der Waals surface area contributed by atoms with E-state index in [9.17, 15) is 18.0 Å². The lowest BCUT2D eigenvalue weighted by Gasteiger charge is -2.08. The molecule has 0 saturated carbocycles. The number of aliphatic hydroxyl groups is 1. The summed E-state index contributed by atoms with van der Waals surface area (Å²) < 4.78 is 39.5. The van der Waals surface area contributed by atoms with E-state index in [1.165, 1.54) is 6.92 Å². The standard InChI is InChI=1S/C10H9F3O3/c1-4(14)2-5-3-6(11)7(10(15)16)9(13)8(5)12/h3-4,14H,2H2,1H3,(H,15,16). The summed E-state index contributed by atoms with van der Waals surface area (Å²) in [5.74, 6) is -6.43. The third kappa shape index (κ3) is 2.33. The number of carbonyl (C=O) groups is 1. The average Bonchev–Trinajstić information content (AvgIpc) is 2.12. The first-order valence-corrected chi connectivity index (χ1v) is 4.42. The largest absolute Gasteiger partial charge is 0.477 e. The Hall–Kier alpha value is -1.56. The second-order valence-corrected chi connectivity index (χ2v) is 3.38. The van der Waals surface area contributed by atoms with Crippen molar-refractivity contribution in [3.8, 4) is 0 Å². The Kier molecular flexibility index (Phi) is 3.54.